The minimum absolute atomic E-state index is 0.705. The van der Waals surface area contributed by atoms with Gasteiger partial charge in [-0.2, -0.15) is 5.26 Å². The van der Waals surface area contributed by atoms with Crippen LogP contribution in [0.3, 0.4) is 0 Å². The second-order valence-corrected chi connectivity index (χ2v) is 4.21. The van der Waals surface area contributed by atoms with Crippen molar-refractivity contribution in [3.05, 3.63) is 28.2 Å². The Morgan fingerprint density at radius 3 is 2.87 bits per heavy atom. The number of nitrogens with zero attached hydrogens (tertiary/aromatic N) is 2. The molecule has 1 aromatic rings. The summed E-state index contributed by atoms with van der Waals surface area (Å²) in [6, 6.07) is 7.88. The van der Waals surface area contributed by atoms with E-state index in [1.807, 2.05) is 32.3 Å². The Bertz CT molecular complexity index is 371. The summed E-state index contributed by atoms with van der Waals surface area (Å²) in [6.45, 7) is 1.77. The maximum Gasteiger partial charge on any atom is 0.101 e. The molecule has 0 heterocycles. The summed E-state index contributed by atoms with van der Waals surface area (Å²) in [5.41, 5.74) is 1.67. The topological polar surface area (TPSA) is 39.1 Å². The normalized spacial score (nSPS) is 9.73. The predicted octanol–water partition coefficient (Wildman–Crippen LogP) is 1.98. The number of nitriles is 1. The fourth-order valence-electron chi connectivity index (χ4n) is 1.32. The number of likely N-dealkylation sites (N-methyl/N-ethyl adjacent to an activating group) is 2. The van der Waals surface area contributed by atoms with Gasteiger partial charge in [-0.15, -0.1) is 0 Å². The third kappa shape index (κ3) is 3.22. The van der Waals surface area contributed by atoms with Crippen molar-refractivity contribution >= 4 is 21.6 Å². The monoisotopic (exact) mass is 267 g/mol. The van der Waals surface area contributed by atoms with E-state index in [0.29, 0.717) is 5.56 Å². The van der Waals surface area contributed by atoms with Crippen LogP contribution in [0.4, 0.5) is 5.69 Å². The molecule has 0 atom stereocenters. The van der Waals surface area contributed by atoms with Gasteiger partial charge in [-0.25, -0.2) is 0 Å². The second-order valence-electron chi connectivity index (χ2n) is 3.30. The van der Waals surface area contributed by atoms with Gasteiger partial charge >= 0.3 is 0 Å². The van der Waals surface area contributed by atoms with Crippen molar-refractivity contribution < 1.29 is 0 Å². The molecule has 0 aliphatic rings. The molecule has 0 amide bonds. The molecule has 0 radical (unpaired) electrons. The van der Waals surface area contributed by atoms with E-state index in [9.17, 15) is 0 Å². The van der Waals surface area contributed by atoms with Crippen molar-refractivity contribution in [2.75, 3.05) is 32.1 Å². The van der Waals surface area contributed by atoms with Crippen molar-refractivity contribution in [3.8, 4) is 6.07 Å². The highest BCUT2D eigenvalue weighted by molar-refractivity contribution is 9.10. The molecule has 3 nitrogen and oxygen atoms in total. The highest BCUT2D eigenvalue weighted by Gasteiger charge is 2.07. The van der Waals surface area contributed by atoms with Crippen LogP contribution in [0.1, 0.15) is 5.56 Å². The van der Waals surface area contributed by atoms with Crippen LogP contribution >= 0.6 is 15.9 Å². The first-order valence-electron chi connectivity index (χ1n) is 4.74. The Labute approximate surface area is 98.8 Å². The predicted molar refractivity (Wildman–Crippen MR) is 66.1 cm³/mol. The zero-order chi connectivity index (χ0) is 11.3. The van der Waals surface area contributed by atoms with E-state index in [4.69, 9.17) is 5.26 Å². The summed E-state index contributed by atoms with van der Waals surface area (Å²) >= 11 is 3.41. The van der Waals surface area contributed by atoms with Crippen LogP contribution in [0, 0.1) is 11.3 Å². The Kier molecular flexibility index (Phi) is 4.60. The van der Waals surface area contributed by atoms with Gasteiger partial charge in [-0.3, -0.25) is 0 Å². The van der Waals surface area contributed by atoms with E-state index >= 15 is 0 Å². The molecular weight excluding hydrogens is 254 g/mol. The number of anilines is 1. The smallest absolute Gasteiger partial charge is 0.101 e. The summed E-state index contributed by atoms with van der Waals surface area (Å²) in [5, 5.41) is 12.1. The second kappa shape index (κ2) is 5.74. The first kappa shape index (κ1) is 12.0. The summed E-state index contributed by atoms with van der Waals surface area (Å²) in [7, 11) is 3.90. The molecule has 1 rings (SSSR count). The van der Waals surface area contributed by atoms with Crippen molar-refractivity contribution in [2.45, 2.75) is 0 Å². The molecule has 1 N–H and O–H groups in total. The van der Waals surface area contributed by atoms with Crippen LogP contribution in [0.15, 0.2) is 22.7 Å². The van der Waals surface area contributed by atoms with Gasteiger partial charge < -0.3 is 10.2 Å². The third-order valence-electron chi connectivity index (χ3n) is 2.19. The van der Waals surface area contributed by atoms with Crippen molar-refractivity contribution in [1.29, 1.82) is 5.26 Å². The van der Waals surface area contributed by atoms with E-state index < -0.39 is 0 Å². The third-order valence-corrected chi connectivity index (χ3v) is 2.68. The van der Waals surface area contributed by atoms with Gasteiger partial charge in [-0.1, -0.05) is 15.9 Å². The van der Waals surface area contributed by atoms with Crippen LogP contribution in [0.2, 0.25) is 0 Å². The Morgan fingerprint density at radius 2 is 2.27 bits per heavy atom. The average molecular weight is 268 g/mol. The van der Waals surface area contributed by atoms with Crippen molar-refractivity contribution in [3.63, 3.8) is 0 Å². The molecule has 0 aromatic heterocycles. The van der Waals surface area contributed by atoms with Crippen LogP contribution in [0.25, 0.3) is 0 Å². The number of halogens is 1. The maximum absolute atomic E-state index is 8.98. The Morgan fingerprint density at radius 1 is 1.53 bits per heavy atom. The number of benzene rings is 1. The molecular formula is C11H14BrN3. The van der Waals surface area contributed by atoms with E-state index in [0.717, 1.165) is 23.2 Å². The molecule has 1 aromatic carbocycles. The Hall–Kier alpha value is -1.05. The molecule has 4 heteroatoms. The summed E-state index contributed by atoms with van der Waals surface area (Å²) in [4.78, 5) is 2.07. The number of hydrogen-bond acceptors (Lipinski definition) is 3. The first-order valence-corrected chi connectivity index (χ1v) is 5.53. The molecule has 80 valence electrons. The molecule has 0 bridgehead atoms. The fourth-order valence-corrected chi connectivity index (χ4v) is 1.66. The van der Waals surface area contributed by atoms with Crippen LogP contribution in [0.5, 0.6) is 0 Å². The van der Waals surface area contributed by atoms with Gasteiger partial charge in [0.15, 0.2) is 0 Å². The molecule has 0 saturated heterocycles. The number of rotatable bonds is 4. The maximum atomic E-state index is 8.98. The van der Waals surface area contributed by atoms with Crippen molar-refractivity contribution in [2.24, 2.45) is 0 Å². The molecule has 0 saturated carbocycles. The lowest BCUT2D eigenvalue weighted by atomic mass is 10.2. The molecule has 0 aliphatic carbocycles. The number of hydrogen-bond donors (Lipinski definition) is 1. The van der Waals surface area contributed by atoms with Gasteiger partial charge in [0.05, 0.1) is 11.3 Å². The van der Waals surface area contributed by atoms with Gasteiger partial charge in [0.25, 0.3) is 0 Å². The van der Waals surface area contributed by atoms with Crippen LogP contribution < -0.4 is 10.2 Å². The van der Waals surface area contributed by atoms with E-state index in [2.05, 4.69) is 32.2 Å². The molecule has 0 spiro atoms. The van der Waals surface area contributed by atoms with E-state index in [1.54, 1.807) is 0 Å². The fraction of sp³-hybridized carbons (Fsp3) is 0.364. The molecule has 0 unspecified atom stereocenters. The zero-order valence-electron chi connectivity index (χ0n) is 8.92. The largest absolute Gasteiger partial charge is 0.372 e. The summed E-state index contributed by atoms with van der Waals surface area (Å²) in [6.07, 6.45) is 0. The molecule has 0 aliphatic heterocycles. The minimum atomic E-state index is 0.705. The SMILES string of the molecule is CNCCN(C)c1cc(Br)ccc1C#N. The highest BCUT2D eigenvalue weighted by atomic mass is 79.9. The molecule has 15 heavy (non-hydrogen) atoms. The average Bonchev–Trinajstić information content (AvgIpc) is 2.25. The lowest BCUT2D eigenvalue weighted by molar-refractivity contribution is 0.767. The van der Waals surface area contributed by atoms with Crippen molar-refractivity contribution in [1.82, 2.24) is 5.32 Å². The summed E-state index contributed by atoms with van der Waals surface area (Å²) in [5.74, 6) is 0. The minimum Gasteiger partial charge on any atom is -0.372 e. The quantitative estimate of drug-likeness (QED) is 0.907. The van der Waals surface area contributed by atoms with Gasteiger partial charge in [-0.05, 0) is 25.2 Å². The lowest BCUT2D eigenvalue weighted by Gasteiger charge is -2.20. The Balaban J connectivity index is 2.91. The number of nitrogens with one attached hydrogen (secondary N) is 1. The summed E-state index contributed by atoms with van der Waals surface area (Å²) < 4.78 is 0.993. The van der Waals surface area contributed by atoms with Gasteiger partial charge in [0, 0.05) is 24.6 Å². The standard InChI is InChI=1S/C11H14BrN3/c1-14-5-6-15(2)11-7-10(12)4-3-9(11)8-13/h3-4,7,14H,5-6H2,1-2H3. The van der Waals surface area contributed by atoms with E-state index in [-0.39, 0.29) is 0 Å². The highest BCUT2D eigenvalue weighted by Crippen LogP contribution is 2.23. The van der Waals surface area contributed by atoms with Gasteiger partial charge in [0.1, 0.15) is 6.07 Å². The molecule has 0 fully saturated rings. The van der Waals surface area contributed by atoms with E-state index in [1.165, 1.54) is 0 Å². The van der Waals surface area contributed by atoms with Gasteiger partial charge in [0.2, 0.25) is 0 Å². The van der Waals surface area contributed by atoms with Crippen LogP contribution in [-0.2, 0) is 0 Å². The zero-order valence-corrected chi connectivity index (χ0v) is 10.5. The lowest BCUT2D eigenvalue weighted by Crippen LogP contribution is -2.27. The first-order chi connectivity index (χ1) is 7.19. The van der Waals surface area contributed by atoms with Crippen LogP contribution in [-0.4, -0.2) is 27.2 Å².